The first-order valence-corrected chi connectivity index (χ1v) is 7.11. The van der Waals surface area contributed by atoms with Gasteiger partial charge in [0.1, 0.15) is 5.69 Å². The van der Waals surface area contributed by atoms with E-state index in [1.807, 2.05) is 0 Å². The molecule has 0 aliphatic heterocycles. The molecule has 0 bridgehead atoms. The maximum absolute atomic E-state index is 12.5. The van der Waals surface area contributed by atoms with Gasteiger partial charge in [-0.2, -0.15) is 23.4 Å². The number of azo groups is 1. The van der Waals surface area contributed by atoms with Crippen LogP contribution in [0.4, 0.5) is 18.9 Å². The molecule has 0 aromatic heterocycles. The van der Waals surface area contributed by atoms with Crippen molar-refractivity contribution in [2.75, 3.05) is 6.61 Å². The van der Waals surface area contributed by atoms with Crippen molar-refractivity contribution in [2.45, 2.75) is 18.1 Å². The molecule has 21 heavy (non-hydrogen) atoms. The van der Waals surface area contributed by atoms with Gasteiger partial charge in [0.2, 0.25) is 4.95 Å². The number of halogens is 6. The summed E-state index contributed by atoms with van der Waals surface area (Å²) < 4.78 is 42.3. The zero-order valence-electron chi connectivity index (χ0n) is 10.4. The first-order chi connectivity index (χ1) is 9.66. The van der Waals surface area contributed by atoms with Crippen LogP contribution >= 0.6 is 39.1 Å². The molecule has 0 saturated heterocycles. The second kappa shape index (κ2) is 7.42. The van der Waals surface area contributed by atoms with Gasteiger partial charge in [-0.3, -0.25) is 0 Å². The summed E-state index contributed by atoms with van der Waals surface area (Å²) in [5.74, 6) is -0.694. The quantitative estimate of drug-likeness (QED) is 0.291. The molecule has 1 aromatic rings. The summed E-state index contributed by atoms with van der Waals surface area (Å²) in [5.41, 5.74) is -1.17. The second-order valence-corrected chi connectivity index (χ2v) is 5.27. The maximum atomic E-state index is 12.5. The van der Waals surface area contributed by atoms with E-state index in [0.29, 0.717) is 12.1 Å². The predicted molar refractivity (Wildman–Crippen MR) is 75.3 cm³/mol. The molecule has 116 valence electrons. The fourth-order valence-electron chi connectivity index (χ4n) is 1.19. The minimum Gasteiger partial charge on any atom is -0.464 e. The third kappa shape index (κ3) is 5.12. The van der Waals surface area contributed by atoms with Crippen molar-refractivity contribution in [2.24, 2.45) is 10.2 Å². The van der Waals surface area contributed by atoms with Gasteiger partial charge in [-0.25, -0.2) is 4.79 Å². The fraction of sp³-hybridized carbons (Fsp3) is 0.364. The number of rotatable bonds is 4. The van der Waals surface area contributed by atoms with Crippen molar-refractivity contribution < 1.29 is 22.7 Å². The van der Waals surface area contributed by atoms with E-state index in [4.69, 9.17) is 23.2 Å². The van der Waals surface area contributed by atoms with Gasteiger partial charge in [0.15, 0.2) is 0 Å². The fourth-order valence-corrected chi connectivity index (χ4v) is 1.98. The standard InChI is InChI=1S/C11H8BrCl2F3N2O2/c1-2-21-10(20)9(12)19-18-8-6(13)3-5(4-7(8)14)11(15,16)17/h3-4,9H,2H2,1H3. The Labute approximate surface area is 136 Å². The van der Waals surface area contributed by atoms with E-state index in [0.717, 1.165) is 0 Å². The lowest BCUT2D eigenvalue weighted by Gasteiger charge is -2.09. The number of carbonyl (C=O) groups excluding carboxylic acids is 1. The molecule has 0 saturated carbocycles. The summed E-state index contributed by atoms with van der Waals surface area (Å²) in [6, 6.07) is 1.35. The predicted octanol–water partition coefficient (Wildman–Crippen LogP) is 5.38. The van der Waals surface area contributed by atoms with E-state index in [9.17, 15) is 18.0 Å². The van der Waals surface area contributed by atoms with Gasteiger partial charge in [0.05, 0.1) is 22.2 Å². The molecule has 0 spiro atoms. The lowest BCUT2D eigenvalue weighted by molar-refractivity contribution is -0.142. The number of carbonyl (C=O) groups is 1. The van der Waals surface area contributed by atoms with Crippen molar-refractivity contribution in [1.29, 1.82) is 0 Å². The number of hydrogen-bond acceptors (Lipinski definition) is 4. The molecule has 0 aliphatic rings. The molecule has 1 atom stereocenters. The zero-order valence-corrected chi connectivity index (χ0v) is 13.5. The van der Waals surface area contributed by atoms with Gasteiger partial charge >= 0.3 is 12.1 Å². The van der Waals surface area contributed by atoms with Crippen molar-refractivity contribution in [3.8, 4) is 0 Å². The molecular weight excluding hydrogens is 400 g/mol. The SMILES string of the molecule is CCOC(=O)C(Br)N=Nc1c(Cl)cc(C(F)(F)F)cc1Cl. The van der Waals surface area contributed by atoms with Crippen LogP contribution in [0.1, 0.15) is 12.5 Å². The van der Waals surface area contributed by atoms with E-state index in [-0.39, 0.29) is 22.3 Å². The Morgan fingerprint density at radius 3 is 2.33 bits per heavy atom. The van der Waals surface area contributed by atoms with Crippen LogP contribution in [-0.4, -0.2) is 17.5 Å². The summed E-state index contributed by atoms with van der Waals surface area (Å²) >= 11 is 14.3. The molecule has 4 nitrogen and oxygen atoms in total. The van der Waals surface area contributed by atoms with Crippen LogP contribution in [0.25, 0.3) is 0 Å². The highest BCUT2D eigenvalue weighted by Gasteiger charge is 2.32. The third-order valence-corrected chi connectivity index (χ3v) is 3.22. The van der Waals surface area contributed by atoms with E-state index in [2.05, 4.69) is 30.9 Å². The molecule has 0 heterocycles. The Hall–Kier alpha value is -0.860. The topological polar surface area (TPSA) is 51.0 Å². The largest absolute Gasteiger partial charge is 0.464 e. The molecule has 0 aliphatic carbocycles. The molecule has 0 radical (unpaired) electrons. The Morgan fingerprint density at radius 1 is 1.38 bits per heavy atom. The Kier molecular flexibility index (Phi) is 6.42. The van der Waals surface area contributed by atoms with Crippen LogP contribution in [0.2, 0.25) is 10.0 Å². The van der Waals surface area contributed by atoms with Gasteiger partial charge in [0, 0.05) is 0 Å². The minimum absolute atomic E-state index is 0.151. The number of nitrogens with zero attached hydrogens (tertiary/aromatic N) is 2. The highest BCUT2D eigenvalue weighted by atomic mass is 79.9. The Balaban J connectivity index is 3.02. The molecule has 1 rings (SSSR count). The van der Waals surface area contributed by atoms with Crippen molar-refractivity contribution in [3.63, 3.8) is 0 Å². The van der Waals surface area contributed by atoms with E-state index in [1.54, 1.807) is 6.92 Å². The highest BCUT2D eigenvalue weighted by Crippen LogP contribution is 2.40. The summed E-state index contributed by atoms with van der Waals surface area (Å²) in [6.07, 6.45) is -4.58. The second-order valence-electron chi connectivity index (χ2n) is 3.59. The molecule has 1 unspecified atom stereocenters. The number of ether oxygens (including phenoxy) is 1. The average Bonchev–Trinajstić information content (AvgIpc) is 2.36. The molecule has 0 fully saturated rings. The lowest BCUT2D eigenvalue weighted by Crippen LogP contribution is -2.14. The summed E-state index contributed by atoms with van der Waals surface area (Å²) in [4.78, 5) is 10.2. The minimum atomic E-state index is -4.58. The van der Waals surface area contributed by atoms with E-state index in [1.165, 1.54) is 0 Å². The zero-order chi connectivity index (χ0) is 16.2. The smallest absolute Gasteiger partial charge is 0.416 e. The third-order valence-electron chi connectivity index (χ3n) is 2.08. The number of benzene rings is 1. The summed E-state index contributed by atoms with van der Waals surface area (Å²) in [5, 5.41) is 6.46. The summed E-state index contributed by atoms with van der Waals surface area (Å²) in [7, 11) is 0. The highest BCUT2D eigenvalue weighted by molar-refractivity contribution is 9.10. The van der Waals surface area contributed by atoms with Crippen molar-refractivity contribution in [3.05, 3.63) is 27.7 Å². The van der Waals surface area contributed by atoms with Crippen molar-refractivity contribution >= 4 is 50.8 Å². The number of hydrogen-bond donors (Lipinski definition) is 0. The van der Waals surface area contributed by atoms with Crippen LogP contribution in [-0.2, 0) is 15.7 Å². The van der Waals surface area contributed by atoms with Crippen LogP contribution in [0, 0.1) is 0 Å². The number of alkyl halides is 4. The summed E-state index contributed by atoms with van der Waals surface area (Å²) in [6.45, 7) is 1.76. The maximum Gasteiger partial charge on any atom is 0.416 e. The Morgan fingerprint density at radius 2 is 1.90 bits per heavy atom. The molecule has 1 aromatic carbocycles. The van der Waals surface area contributed by atoms with E-state index >= 15 is 0 Å². The average molecular weight is 408 g/mol. The van der Waals surface area contributed by atoms with Gasteiger partial charge in [-0.05, 0) is 35.0 Å². The van der Waals surface area contributed by atoms with Gasteiger partial charge in [-0.1, -0.05) is 23.2 Å². The van der Waals surface area contributed by atoms with Crippen LogP contribution in [0.15, 0.2) is 22.4 Å². The van der Waals surface area contributed by atoms with Crippen LogP contribution in [0.3, 0.4) is 0 Å². The lowest BCUT2D eigenvalue weighted by atomic mass is 10.2. The molecule has 10 heteroatoms. The van der Waals surface area contributed by atoms with Gasteiger partial charge in [-0.15, -0.1) is 0 Å². The Bertz CT molecular complexity index is 544. The molecule has 0 amide bonds. The first-order valence-electron chi connectivity index (χ1n) is 5.44. The van der Waals surface area contributed by atoms with Gasteiger partial charge in [0.25, 0.3) is 0 Å². The van der Waals surface area contributed by atoms with E-state index < -0.39 is 22.7 Å². The monoisotopic (exact) mass is 406 g/mol. The molecular formula is C11H8BrCl2F3N2O2. The normalized spacial score (nSPS) is 13.5. The van der Waals surface area contributed by atoms with Crippen molar-refractivity contribution in [1.82, 2.24) is 0 Å². The molecule has 0 N–H and O–H groups in total. The van der Waals surface area contributed by atoms with Crippen LogP contribution < -0.4 is 0 Å². The van der Waals surface area contributed by atoms with Gasteiger partial charge < -0.3 is 4.74 Å². The first kappa shape index (κ1) is 18.2. The van der Waals surface area contributed by atoms with Crippen LogP contribution in [0.5, 0.6) is 0 Å². The number of esters is 1.